The molecule has 2 rings (SSSR count). The monoisotopic (exact) mass is 317 g/mol. The molecule has 5 heteroatoms. The Labute approximate surface area is 138 Å². The van der Waals surface area contributed by atoms with E-state index < -0.39 is 0 Å². The average Bonchev–Trinajstić information content (AvgIpc) is 2.47. The van der Waals surface area contributed by atoms with Crippen molar-refractivity contribution < 1.29 is 9.59 Å². The minimum absolute atomic E-state index is 0.0141. The molecule has 0 bridgehead atoms. The first-order chi connectivity index (χ1) is 11.0. The molecule has 23 heavy (non-hydrogen) atoms. The van der Waals surface area contributed by atoms with Gasteiger partial charge in [-0.2, -0.15) is 0 Å². The van der Waals surface area contributed by atoms with Gasteiger partial charge in [0, 0.05) is 25.6 Å². The van der Waals surface area contributed by atoms with Crippen molar-refractivity contribution in [2.45, 2.75) is 51.7 Å². The lowest BCUT2D eigenvalue weighted by molar-refractivity contribution is -0.127. The number of hydrogen-bond acceptors (Lipinski definition) is 3. The fraction of sp³-hybridized carbons (Fsp3) is 0.556. The second-order valence-corrected chi connectivity index (χ2v) is 6.51. The van der Waals surface area contributed by atoms with Gasteiger partial charge in [0.1, 0.15) is 6.04 Å². The minimum atomic E-state index is -0.310. The number of rotatable bonds is 5. The number of nitrogens with zero attached hydrogens (tertiary/aromatic N) is 1. The highest BCUT2D eigenvalue weighted by molar-refractivity contribution is 5.83. The van der Waals surface area contributed by atoms with Gasteiger partial charge in [-0.25, -0.2) is 0 Å². The van der Waals surface area contributed by atoms with Gasteiger partial charge in [-0.1, -0.05) is 30.3 Å². The first kappa shape index (κ1) is 17.5. The van der Waals surface area contributed by atoms with Crippen LogP contribution >= 0.6 is 0 Å². The molecule has 1 aliphatic rings. The van der Waals surface area contributed by atoms with Gasteiger partial charge in [0.15, 0.2) is 0 Å². The van der Waals surface area contributed by atoms with Crippen LogP contribution in [0.4, 0.5) is 0 Å². The smallest absolute Gasteiger partial charge is 0.242 e. The third kappa shape index (κ3) is 5.06. The van der Waals surface area contributed by atoms with Gasteiger partial charge in [-0.3, -0.25) is 14.5 Å². The predicted octanol–water partition coefficient (Wildman–Crippen LogP) is 1.85. The standard InChI is InChI=1S/C18H27N3O2/c1-13(2)19-18(23)17(15-8-5-4-6-9-15)21-11-7-10-16(12-21)20-14(3)22/h4-6,8-9,13,16-17H,7,10-12H2,1-3H3,(H,19,23)(H,20,22)/t16-,17-/m0/s1. The number of nitrogens with one attached hydrogen (secondary N) is 2. The number of likely N-dealkylation sites (tertiary alicyclic amines) is 1. The van der Waals surface area contributed by atoms with Gasteiger partial charge in [-0.05, 0) is 38.8 Å². The maximum Gasteiger partial charge on any atom is 0.242 e. The fourth-order valence-corrected chi connectivity index (χ4v) is 3.17. The van der Waals surface area contributed by atoms with Crippen LogP contribution in [0.1, 0.15) is 45.2 Å². The van der Waals surface area contributed by atoms with Crippen molar-refractivity contribution in [3.63, 3.8) is 0 Å². The van der Waals surface area contributed by atoms with E-state index in [4.69, 9.17) is 0 Å². The summed E-state index contributed by atoms with van der Waals surface area (Å²) in [5.74, 6) is 0.00872. The summed E-state index contributed by atoms with van der Waals surface area (Å²) in [6, 6.07) is 9.76. The van der Waals surface area contributed by atoms with E-state index in [1.807, 2.05) is 44.2 Å². The molecule has 1 aromatic rings. The van der Waals surface area contributed by atoms with Gasteiger partial charge >= 0.3 is 0 Å². The van der Waals surface area contributed by atoms with Crippen LogP contribution in [0.3, 0.4) is 0 Å². The van der Waals surface area contributed by atoms with E-state index in [2.05, 4.69) is 15.5 Å². The first-order valence-corrected chi connectivity index (χ1v) is 8.34. The van der Waals surface area contributed by atoms with Crippen LogP contribution in [-0.2, 0) is 9.59 Å². The second kappa shape index (κ2) is 8.11. The highest BCUT2D eigenvalue weighted by Crippen LogP contribution is 2.25. The van der Waals surface area contributed by atoms with E-state index in [0.29, 0.717) is 6.54 Å². The number of piperidine rings is 1. The van der Waals surface area contributed by atoms with Gasteiger partial charge < -0.3 is 10.6 Å². The zero-order valence-corrected chi connectivity index (χ0v) is 14.2. The van der Waals surface area contributed by atoms with Crippen molar-refractivity contribution >= 4 is 11.8 Å². The summed E-state index contributed by atoms with van der Waals surface area (Å²) < 4.78 is 0. The van der Waals surface area contributed by atoms with Gasteiger partial charge in [0.2, 0.25) is 11.8 Å². The molecular formula is C18H27N3O2. The van der Waals surface area contributed by atoms with Crippen molar-refractivity contribution in [3.8, 4) is 0 Å². The largest absolute Gasteiger partial charge is 0.352 e. The zero-order valence-electron chi connectivity index (χ0n) is 14.2. The van der Waals surface area contributed by atoms with Crippen LogP contribution < -0.4 is 10.6 Å². The van der Waals surface area contributed by atoms with Crippen molar-refractivity contribution in [2.24, 2.45) is 0 Å². The number of carbonyl (C=O) groups is 2. The molecule has 2 N–H and O–H groups in total. The normalized spacial score (nSPS) is 20.1. The lowest BCUT2D eigenvalue weighted by Crippen LogP contribution is -2.51. The number of benzene rings is 1. The van der Waals surface area contributed by atoms with E-state index in [1.54, 1.807) is 6.92 Å². The van der Waals surface area contributed by atoms with Crippen LogP contribution in [0.2, 0.25) is 0 Å². The molecule has 1 heterocycles. The molecule has 1 fully saturated rings. The molecule has 2 amide bonds. The Balaban J connectivity index is 2.19. The molecule has 0 aliphatic carbocycles. The quantitative estimate of drug-likeness (QED) is 0.871. The summed E-state index contributed by atoms with van der Waals surface area (Å²) in [6.07, 6.45) is 1.94. The summed E-state index contributed by atoms with van der Waals surface area (Å²) >= 11 is 0. The Morgan fingerprint density at radius 3 is 2.52 bits per heavy atom. The molecule has 1 saturated heterocycles. The van der Waals surface area contributed by atoms with Gasteiger partial charge in [0.25, 0.3) is 0 Å². The molecule has 0 spiro atoms. The van der Waals surface area contributed by atoms with E-state index in [-0.39, 0.29) is 29.9 Å². The summed E-state index contributed by atoms with van der Waals surface area (Å²) in [4.78, 5) is 26.2. The van der Waals surface area contributed by atoms with Crippen molar-refractivity contribution in [3.05, 3.63) is 35.9 Å². The molecule has 0 aromatic heterocycles. The lowest BCUT2D eigenvalue weighted by Gasteiger charge is -2.38. The first-order valence-electron chi connectivity index (χ1n) is 8.34. The minimum Gasteiger partial charge on any atom is -0.352 e. The van der Waals surface area contributed by atoms with Crippen LogP contribution in [0, 0.1) is 0 Å². The summed E-state index contributed by atoms with van der Waals surface area (Å²) in [6.45, 7) is 7.04. The topological polar surface area (TPSA) is 61.4 Å². The Kier molecular flexibility index (Phi) is 6.16. The zero-order chi connectivity index (χ0) is 16.8. The molecule has 0 saturated carbocycles. The lowest BCUT2D eigenvalue weighted by atomic mass is 9.98. The van der Waals surface area contributed by atoms with E-state index in [0.717, 1.165) is 24.9 Å². The van der Waals surface area contributed by atoms with Crippen molar-refractivity contribution in [1.82, 2.24) is 15.5 Å². The molecule has 126 valence electrons. The number of hydrogen-bond donors (Lipinski definition) is 2. The fourth-order valence-electron chi connectivity index (χ4n) is 3.17. The molecule has 1 aliphatic heterocycles. The van der Waals surface area contributed by atoms with E-state index in [9.17, 15) is 9.59 Å². The van der Waals surface area contributed by atoms with Crippen LogP contribution in [0.25, 0.3) is 0 Å². The van der Waals surface area contributed by atoms with Crippen LogP contribution in [0.5, 0.6) is 0 Å². The van der Waals surface area contributed by atoms with Gasteiger partial charge in [0.05, 0.1) is 0 Å². The molecule has 0 radical (unpaired) electrons. The Morgan fingerprint density at radius 2 is 1.91 bits per heavy atom. The molecule has 1 aromatic carbocycles. The Morgan fingerprint density at radius 1 is 1.22 bits per heavy atom. The number of amides is 2. The molecule has 2 atom stereocenters. The summed E-state index contributed by atoms with van der Waals surface area (Å²) in [5.41, 5.74) is 0.995. The van der Waals surface area contributed by atoms with Gasteiger partial charge in [-0.15, -0.1) is 0 Å². The van der Waals surface area contributed by atoms with E-state index in [1.165, 1.54) is 0 Å². The van der Waals surface area contributed by atoms with Crippen LogP contribution in [-0.4, -0.2) is 41.9 Å². The molecule has 0 unspecified atom stereocenters. The maximum absolute atomic E-state index is 12.7. The predicted molar refractivity (Wildman–Crippen MR) is 90.9 cm³/mol. The average molecular weight is 317 g/mol. The third-order valence-corrected chi connectivity index (χ3v) is 4.02. The summed E-state index contributed by atoms with van der Waals surface area (Å²) in [7, 11) is 0. The Hall–Kier alpha value is -1.88. The second-order valence-electron chi connectivity index (χ2n) is 6.51. The highest BCUT2D eigenvalue weighted by Gasteiger charge is 2.32. The summed E-state index contributed by atoms with van der Waals surface area (Å²) in [5, 5.41) is 6.01. The maximum atomic E-state index is 12.7. The van der Waals surface area contributed by atoms with E-state index >= 15 is 0 Å². The molecule has 5 nitrogen and oxygen atoms in total. The van der Waals surface area contributed by atoms with Crippen molar-refractivity contribution in [2.75, 3.05) is 13.1 Å². The van der Waals surface area contributed by atoms with Crippen LogP contribution in [0.15, 0.2) is 30.3 Å². The molecular weight excluding hydrogens is 290 g/mol. The Bertz CT molecular complexity index is 530. The number of carbonyl (C=O) groups excluding carboxylic acids is 2. The highest BCUT2D eigenvalue weighted by atomic mass is 16.2. The third-order valence-electron chi connectivity index (χ3n) is 4.02. The van der Waals surface area contributed by atoms with Crippen molar-refractivity contribution in [1.29, 1.82) is 0 Å². The SMILES string of the molecule is CC(=O)N[C@H]1CCCN([C@H](C(=O)NC(C)C)c2ccccc2)C1.